The molecule has 1 aromatic heterocycles. The van der Waals surface area contributed by atoms with Gasteiger partial charge in [0.2, 0.25) is 5.91 Å². The minimum absolute atomic E-state index is 0.133. The van der Waals surface area contributed by atoms with Gasteiger partial charge in [-0.2, -0.15) is 0 Å². The molecule has 0 saturated carbocycles. The van der Waals surface area contributed by atoms with E-state index in [1.165, 1.54) is 6.20 Å². The predicted molar refractivity (Wildman–Crippen MR) is 71.8 cm³/mol. The Morgan fingerprint density at radius 2 is 2.20 bits per heavy atom. The Bertz CT molecular complexity index is 668. The number of anilines is 1. The maximum atomic E-state index is 11.8. The number of carbonyl (C=O) groups is 2. The van der Waals surface area contributed by atoms with E-state index in [0.717, 1.165) is 10.2 Å². The van der Waals surface area contributed by atoms with Crippen molar-refractivity contribution in [1.29, 1.82) is 0 Å². The lowest BCUT2D eigenvalue weighted by Crippen LogP contribution is -2.19. The molecule has 7 nitrogen and oxygen atoms in total. The van der Waals surface area contributed by atoms with Crippen molar-refractivity contribution < 1.29 is 14.7 Å². The highest BCUT2D eigenvalue weighted by molar-refractivity contribution is 6.31. The topological polar surface area (TPSA) is 97.1 Å². The Kier molecular flexibility index (Phi) is 3.99. The van der Waals surface area contributed by atoms with Crippen molar-refractivity contribution in [3.05, 3.63) is 40.7 Å². The molecule has 0 aliphatic rings. The molecule has 1 amide bonds. The highest BCUT2D eigenvalue weighted by Crippen LogP contribution is 2.19. The van der Waals surface area contributed by atoms with E-state index in [9.17, 15) is 9.59 Å². The summed E-state index contributed by atoms with van der Waals surface area (Å²) in [6.45, 7) is 1.72. The molecule has 0 bridgehead atoms. The second-order valence-corrected chi connectivity index (χ2v) is 4.53. The number of aromatic nitrogens is 3. The SMILES string of the molecule is Cc1ccc(NC(=O)Cn2cc(C(=O)O)nn2)cc1Cl. The van der Waals surface area contributed by atoms with Gasteiger partial charge in [-0.25, -0.2) is 9.48 Å². The highest BCUT2D eigenvalue weighted by Gasteiger charge is 2.11. The van der Waals surface area contributed by atoms with Crippen LogP contribution >= 0.6 is 11.6 Å². The summed E-state index contributed by atoms with van der Waals surface area (Å²) < 4.78 is 1.15. The smallest absolute Gasteiger partial charge is 0.358 e. The van der Waals surface area contributed by atoms with Crippen LogP contribution in [0.5, 0.6) is 0 Å². The van der Waals surface area contributed by atoms with Gasteiger partial charge in [0.25, 0.3) is 0 Å². The fourth-order valence-corrected chi connectivity index (χ4v) is 1.67. The van der Waals surface area contributed by atoms with Crippen LogP contribution in [-0.2, 0) is 11.3 Å². The van der Waals surface area contributed by atoms with E-state index in [1.54, 1.807) is 18.2 Å². The van der Waals surface area contributed by atoms with Gasteiger partial charge in [0.05, 0.1) is 6.20 Å². The van der Waals surface area contributed by atoms with Crippen LogP contribution in [0.4, 0.5) is 5.69 Å². The third-order valence-electron chi connectivity index (χ3n) is 2.52. The van der Waals surface area contributed by atoms with Gasteiger partial charge in [0, 0.05) is 10.7 Å². The zero-order valence-electron chi connectivity index (χ0n) is 10.5. The number of carboxylic acids is 1. The molecular weight excluding hydrogens is 284 g/mol. The standard InChI is InChI=1S/C12H11ClN4O3/c1-7-2-3-8(4-9(7)13)14-11(18)6-17-5-10(12(19)20)15-16-17/h2-5H,6H2,1H3,(H,14,18)(H,19,20). The fourth-order valence-electron chi connectivity index (χ4n) is 1.49. The number of hydrogen-bond acceptors (Lipinski definition) is 4. The summed E-state index contributed by atoms with van der Waals surface area (Å²) in [5.74, 6) is -1.55. The third kappa shape index (κ3) is 3.33. The second-order valence-electron chi connectivity index (χ2n) is 4.12. The molecule has 0 unspecified atom stereocenters. The zero-order chi connectivity index (χ0) is 14.7. The van der Waals surface area contributed by atoms with Gasteiger partial charge >= 0.3 is 5.97 Å². The number of benzene rings is 1. The number of aryl methyl sites for hydroxylation is 1. The van der Waals surface area contributed by atoms with Gasteiger partial charge in [-0.15, -0.1) is 5.10 Å². The molecule has 0 spiro atoms. The van der Waals surface area contributed by atoms with Crippen molar-refractivity contribution in [3.8, 4) is 0 Å². The van der Waals surface area contributed by atoms with Crippen LogP contribution in [0.1, 0.15) is 16.1 Å². The van der Waals surface area contributed by atoms with Crippen molar-refractivity contribution in [3.63, 3.8) is 0 Å². The van der Waals surface area contributed by atoms with Crippen molar-refractivity contribution in [2.45, 2.75) is 13.5 Å². The van der Waals surface area contributed by atoms with E-state index >= 15 is 0 Å². The summed E-state index contributed by atoms with van der Waals surface area (Å²) >= 11 is 5.95. The number of carbonyl (C=O) groups excluding carboxylic acids is 1. The second kappa shape index (κ2) is 5.70. The first-order chi connectivity index (χ1) is 9.45. The number of nitrogens with one attached hydrogen (secondary N) is 1. The minimum Gasteiger partial charge on any atom is -0.476 e. The Morgan fingerprint density at radius 1 is 1.45 bits per heavy atom. The average Bonchev–Trinajstić information content (AvgIpc) is 2.82. The molecule has 0 aliphatic carbocycles. The van der Waals surface area contributed by atoms with Crippen LogP contribution in [0.15, 0.2) is 24.4 Å². The van der Waals surface area contributed by atoms with Crippen molar-refractivity contribution in [2.24, 2.45) is 0 Å². The molecule has 0 saturated heterocycles. The molecule has 1 aromatic carbocycles. The van der Waals surface area contributed by atoms with Gasteiger partial charge in [-0.1, -0.05) is 22.9 Å². The van der Waals surface area contributed by atoms with Gasteiger partial charge in [-0.05, 0) is 24.6 Å². The number of nitrogens with zero attached hydrogens (tertiary/aromatic N) is 3. The number of rotatable bonds is 4. The highest BCUT2D eigenvalue weighted by atomic mass is 35.5. The molecule has 0 atom stereocenters. The van der Waals surface area contributed by atoms with E-state index in [-0.39, 0.29) is 18.1 Å². The first-order valence-corrected chi connectivity index (χ1v) is 6.03. The van der Waals surface area contributed by atoms with Crippen LogP contribution in [0.2, 0.25) is 5.02 Å². The normalized spacial score (nSPS) is 10.3. The van der Waals surface area contributed by atoms with Crippen LogP contribution < -0.4 is 5.32 Å². The average molecular weight is 295 g/mol. The number of carboxylic acid groups (broad SMARTS) is 1. The van der Waals surface area contributed by atoms with E-state index < -0.39 is 5.97 Å². The molecule has 20 heavy (non-hydrogen) atoms. The van der Waals surface area contributed by atoms with E-state index in [0.29, 0.717) is 10.7 Å². The van der Waals surface area contributed by atoms with E-state index in [1.807, 2.05) is 6.92 Å². The molecule has 1 heterocycles. The summed E-state index contributed by atoms with van der Waals surface area (Å²) in [6, 6.07) is 5.15. The minimum atomic E-state index is -1.19. The molecule has 0 radical (unpaired) electrons. The van der Waals surface area contributed by atoms with Gasteiger partial charge in [-0.3, -0.25) is 4.79 Å². The Labute approximate surface area is 119 Å². The maximum Gasteiger partial charge on any atom is 0.358 e. The van der Waals surface area contributed by atoms with E-state index in [4.69, 9.17) is 16.7 Å². The van der Waals surface area contributed by atoms with Crippen molar-refractivity contribution >= 4 is 29.2 Å². The molecule has 2 N–H and O–H groups in total. The van der Waals surface area contributed by atoms with Crippen molar-refractivity contribution in [2.75, 3.05) is 5.32 Å². The van der Waals surface area contributed by atoms with Crippen LogP contribution in [-0.4, -0.2) is 32.0 Å². The molecule has 104 valence electrons. The van der Waals surface area contributed by atoms with Crippen LogP contribution in [0.25, 0.3) is 0 Å². The Hall–Kier alpha value is -2.41. The number of halogens is 1. The predicted octanol–water partition coefficient (Wildman–Crippen LogP) is 1.58. The van der Waals surface area contributed by atoms with E-state index in [2.05, 4.69) is 15.6 Å². The third-order valence-corrected chi connectivity index (χ3v) is 2.93. The molecule has 2 rings (SSSR count). The summed E-state index contributed by atoms with van der Waals surface area (Å²) in [7, 11) is 0. The molecule has 8 heteroatoms. The summed E-state index contributed by atoms with van der Waals surface area (Å²) in [4.78, 5) is 22.4. The van der Waals surface area contributed by atoms with Gasteiger partial charge in [0.15, 0.2) is 5.69 Å². The molecule has 0 fully saturated rings. The van der Waals surface area contributed by atoms with Crippen LogP contribution in [0.3, 0.4) is 0 Å². The van der Waals surface area contributed by atoms with Crippen molar-refractivity contribution in [1.82, 2.24) is 15.0 Å². The lowest BCUT2D eigenvalue weighted by atomic mass is 10.2. The molecule has 2 aromatic rings. The number of amides is 1. The summed E-state index contributed by atoms with van der Waals surface area (Å²) in [5.41, 5.74) is 1.26. The first-order valence-electron chi connectivity index (χ1n) is 5.65. The molecule has 0 aliphatic heterocycles. The van der Waals surface area contributed by atoms with Gasteiger partial charge < -0.3 is 10.4 Å². The summed E-state index contributed by atoms with van der Waals surface area (Å²) in [5, 5.41) is 18.8. The number of hydrogen-bond donors (Lipinski definition) is 2. The number of aromatic carboxylic acids is 1. The Balaban J connectivity index is 2.01. The van der Waals surface area contributed by atoms with Crippen LogP contribution in [0, 0.1) is 6.92 Å². The zero-order valence-corrected chi connectivity index (χ0v) is 11.3. The monoisotopic (exact) mass is 294 g/mol. The summed E-state index contributed by atoms with van der Waals surface area (Å²) in [6.07, 6.45) is 1.18. The maximum absolute atomic E-state index is 11.8. The largest absolute Gasteiger partial charge is 0.476 e. The molecular formula is C12H11ClN4O3. The van der Waals surface area contributed by atoms with Gasteiger partial charge in [0.1, 0.15) is 6.54 Å². The Morgan fingerprint density at radius 3 is 2.80 bits per heavy atom. The first kappa shape index (κ1) is 14.0. The fraction of sp³-hybridized carbons (Fsp3) is 0.167. The lowest BCUT2D eigenvalue weighted by molar-refractivity contribution is -0.116. The lowest BCUT2D eigenvalue weighted by Gasteiger charge is -2.06. The quantitative estimate of drug-likeness (QED) is 0.892.